The predicted molar refractivity (Wildman–Crippen MR) is 139 cm³/mol. The van der Waals surface area contributed by atoms with Crippen LogP contribution in [-0.2, 0) is 4.74 Å². The molecule has 0 heterocycles. The van der Waals surface area contributed by atoms with Crippen molar-refractivity contribution in [1.82, 2.24) is 0 Å². The molecule has 5 nitrogen and oxygen atoms in total. The fourth-order valence-electron chi connectivity index (χ4n) is 3.25. The zero-order valence-electron chi connectivity index (χ0n) is 20.1. The second-order valence-corrected chi connectivity index (χ2v) is 7.88. The molecule has 0 aromatic heterocycles. The van der Waals surface area contributed by atoms with Gasteiger partial charge in [0.05, 0.1) is 11.1 Å². The minimum atomic E-state index is -4.80. The number of alkyl halides is 3. The van der Waals surface area contributed by atoms with Crippen molar-refractivity contribution in [3.8, 4) is 16.9 Å². The molecule has 0 fully saturated rings. The Labute approximate surface area is 217 Å². The van der Waals surface area contributed by atoms with E-state index in [-0.39, 0.29) is 11.1 Å². The quantitative estimate of drug-likeness (QED) is 0.154. The third-order valence-corrected chi connectivity index (χ3v) is 5.21. The van der Waals surface area contributed by atoms with Gasteiger partial charge in [0.2, 0.25) is 5.76 Å². The fraction of sp³-hybridized carbons (Fsp3) is 0.0667. The minimum Gasteiger partial charge on any atom is -0.490 e. The average Bonchev–Trinajstić information content (AvgIpc) is 2.91. The van der Waals surface area contributed by atoms with Gasteiger partial charge in [0.15, 0.2) is 0 Å². The molecule has 194 valence electrons. The number of allylic oxidation sites excluding steroid dienone is 1. The molecule has 0 spiro atoms. The number of hydrogen-bond acceptors (Lipinski definition) is 4. The van der Waals surface area contributed by atoms with Gasteiger partial charge in [0.25, 0.3) is 0 Å². The molecule has 0 radical (unpaired) electrons. The predicted octanol–water partition coefficient (Wildman–Crippen LogP) is 7.69. The summed E-state index contributed by atoms with van der Waals surface area (Å²) in [5.74, 6) is -2.90. The summed E-state index contributed by atoms with van der Waals surface area (Å²) in [5.41, 5.74) is 1.42. The Morgan fingerprint density at radius 2 is 1.37 bits per heavy atom. The highest BCUT2D eigenvalue weighted by Gasteiger charge is 2.35. The lowest BCUT2D eigenvalue weighted by Gasteiger charge is -2.10. The molecule has 0 atom stereocenters. The Balaban J connectivity index is 0.000000241. The molecule has 0 aliphatic rings. The SMILES string of the molecule is C=C(OC(=O)c1ccc(-c2ccc(C(=O)O)cc2)cc1)C(F)(F)F.C=CCOc1ccc2ccccc2c1. The van der Waals surface area contributed by atoms with Crippen LogP contribution in [0, 0.1) is 0 Å². The van der Waals surface area contributed by atoms with E-state index < -0.39 is 23.9 Å². The first-order valence-corrected chi connectivity index (χ1v) is 11.2. The summed E-state index contributed by atoms with van der Waals surface area (Å²) in [6, 6.07) is 26.0. The number of esters is 1. The highest BCUT2D eigenvalue weighted by molar-refractivity contribution is 5.91. The van der Waals surface area contributed by atoms with Crippen molar-refractivity contribution in [1.29, 1.82) is 0 Å². The number of carboxylic acid groups (broad SMARTS) is 1. The summed E-state index contributed by atoms with van der Waals surface area (Å²) in [4.78, 5) is 22.4. The van der Waals surface area contributed by atoms with Gasteiger partial charge in [-0.15, -0.1) is 0 Å². The number of carbonyl (C=O) groups is 2. The van der Waals surface area contributed by atoms with E-state index in [0.717, 1.165) is 5.75 Å². The van der Waals surface area contributed by atoms with Crippen LogP contribution in [0.15, 0.2) is 116 Å². The van der Waals surface area contributed by atoms with Crippen molar-refractivity contribution in [3.63, 3.8) is 0 Å². The van der Waals surface area contributed by atoms with E-state index in [2.05, 4.69) is 36.1 Å². The molecule has 4 aromatic carbocycles. The zero-order valence-corrected chi connectivity index (χ0v) is 20.1. The van der Waals surface area contributed by atoms with Crippen LogP contribution in [-0.4, -0.2) is 29.8 Å². The van der Waals surface area contributed by atoms with Crippen LogP contribution in [0.4, 0.5) is 13.2 Å². The average molecular weight is 521 g/mol. The number of fused-ring (bicyclic) bond motifs is 1. The topological polar surface area (TPSA) is 72.8 Å². The van der Waals surface area contributed by atoms with E-state index in [9.17, 15) is 22.8 Å². The Morgan fingerprint density at radius 1 is 0.816 bits per heavy atom. The molecule has 0 unspecified atom stereocenters. The number of benzene rings is 4. The van der Waals surface area contributed by atoms with E-state index >= 15 is 0 Å². The first kappa shape index (κ1) is 27.7. The highest BCUT2D eigenvalue weighted by atomic mass is 19.4. The molecule has 8 heteroatoms. The van der Waals surface area contributed by atoms with Gasteiger partial charge < -0.3 is 14.6 Å². The maximum absolute atomic E-state index is 12.3. The molecular weight excluding hydrogens is 497 g/mol. The Kier molecular flexibility index (Phi) is 9.05. The summed E-state index contributed by atoms with van der Waals surface area (Å²) in [5, 5.41) is 11.3. The number of aromatic carboxylic acids is 1. The number of hydrogen-bond donors (Lipinski definition) is 1. The molecule has 0 saturated heterocycles. The van der Waals surface area contributed by atoms with Gasteiger partial charge in [-0.1, -0.05) is 73.8 Å². The van der Waals surface area contributed by atoms with Crippen LogP contribution >= 0.6 is 0 Å². The molecule has 4 rings (SSSR count). The van der Waals surface area contributed by atoms with E-state index in [1.807, 2.05) is 24.3 Å². The normalized spacial score (nSPS) is 10.6. The van der Waals surface area contributed by atoms with Crippen LogP contribution in [0.1, 0.15) is 20.7 Å². The van der Waals surface area contributed by atoms with Crippen LogP contribution in [0.3, 0.4) is 0 Å². The second kappa shape index (κ2) is 12.4. The third-order valence-electron chi connectivity index (χ3n) is 5.21. The molecule has 0 amide bonds. The fourth-order valence-corrected chi connectivity index (χ4v) is 3.25. The summed E-state index contributed by atoms with van der Waals surface area (Å²) >= 11 is 0. The van der Waals surface area contributed by atoms with E-state index in [0.29, 0.717) is 17.7 Å². The number of ether oxygens (including phenoxy) is 2. The minimum absolute atomic E-state index is 0.0636. The largest absolute Gasteiger partial charge is 0.490 e. The first-order chi connectivity index (χ1) is 18.1. The van der Waals surface area contributed by atoms with Gasteiger partial charge in [-0.2, -0.15) is 13.2 Å². The highest BCUT2D eigenvalue weighted by Crippen LogP contribution is 2.26. The maximum Gasteiger partial charge on any atom is 0.449 e. The van der Waals surface area contributed by atoms with Crippen molar-refractivity contribution in [3.05, 3.63) is 127 Å². The van der Waals surface area contributed by atoms with Gasteiger partial charge in [-0.3, -0.25) is 0 Å². The lowest BCUT2D eigenvalue weighted by atomic mass is 10.0. The lowest BCUT2D eigenvalue weighted by molar-refractivity contribution is -0.122. The van der Waals surface area contributed by atoms with E-state index in [4.69, 9.17) is 9.84 Å². The molecule has 0 aliphatic heterocycles. The second-order valence-electron chi connectivity index (χ2n) is 7.88. The molecular formula is C30H23F3O5. The lowest BCUT2D eigenvalue weighted by Crippen LogP contribution is -2.17. The maximum atomic E-state index is 12.3. The number of carbonyl (C=O) groups excluding carboxylic acids is 1. The summed E-state index contributed by atoms with van der Waals surface area (Å²) < 4.78 is 46.5. The van der Waals surface area contributed by atoms with Crippen LogP contribution < -0.4 is 4.74 Å². The van der Waals surface area contributed by atoms with Crippen molar-refractivity contribution < 1.29 is 37.3 Å². The van der Waals surface area contributed by atoms with Crippen LogP contribution in [0.5, 0.6) is 5.75 Å². The van der Waals surface area contributed by atoms with Crippen molar-refractivity contribution in [2.75, 3.05) is 6.61 Å². The molecule has 4 aromatic rings. The molecule has 38 heavy (non-hydrogen) atoms. The van der Waals surface area contributed by atoms with E-state index in [1.165, 1.54) is 47.2 Å². The molecule has 1 N–H and O–H groups in total. The van der Waals surface area contributed by atoms with Gasteiger partial charge >= 0.3 is 18.1 Å². The summed E-state index contributed by atoms with van der Waals surface area (Å²) in [7, 11) is 0. The summed E-state index contributed by atoms with van der Waals surface area (Å²) in [6.07, 6.45) is -3.06. The Hall–Kier alpha value is -4.85. The van der Waals surface area contributed by atoms with Gasteiger partial charge in [0.1, 0.15) is 12.4 Å². The number of halogens is 3. The molecule has 0 aliphatic carbocycles. The molecule has 0 bridgehead atoms. The number of carboxylic acids is 1. The van der Waals surface area contributed by atoms with Gasteiger partial charge in [0, 0.05) is 0 Å². The summed E-state index contributed by atoms with van der Waals surface area (Å²) in [6.45, 7) is 6.83. The van der Waals surface area contributed by atoms with Crippen LogP contribution in [0.2, 0.25) is 0 Å². The molecule has 0 saturated carbocycles. The Bertz CT molecular complexity index is 1440. The standard InChI is InChI=1S/C17H11F3O4.C13H12O/c1-10(17(18,19)20)24-16(23)14-8-4-12(5-9-14)11-2-6-13(7-3-11)15(21)22;1-2-9-14-13-8-7-11-5-3-4-6-12(11)10-13/h2-9H,1H2,(H,21,22);2-8,10H,1,9H2. The smallest absolute Gasteiger partial charge is 0.449 e. The van der Waals surface area contributed by atoms with Crippen molar-refractivity contribution >= 4 is 22.7 Å². The monoisotopic (exact) mass is 520 g/mol. The third kappa shape index (κ3) is 7.57. The van der Waals surface area contributed by atoms with Crippen molar-refractivity contribution in [2.24, 2.45) is 0 Å². The van der Waals surface area contributed by atoms with Crippen LogP contribution in [0.25, 0.3) is 21.9 Å². The first-order valence-electron chi connectivity index (χ1n) is 11.2. The van der Waals surface area contributed by atoms with Crippen molar-refractivity contribution in [2.45, 2.75) is 6.18 Å². The van der Waals surface area contributed by atoms with Gasteiger partial charge in [-0.25, -0.2) is 9.59 Å². The van der Waals surface area contributed by atoms with E-state index in [1.54, 1.807) is 18.2 Å². The Morgan fingerprint density at radius 3 is 1.89 bits per heavy atom. The van der Waals surface area contributed by atoms with Gasteiger partial charge in [-0.05, 0) is 58.3 Å². The zero-order chi connectivity index (χ0) is 27.7. The number of rotatable bonds is 7.